The number of hydrogen-bond acceptors (Lipinski definition) is 8. The largest absolute Gasteiger partial charge is 0.507 e. The number of methoxy groups -OCH3 is 1. The van der Waals surface area contributed by atoms with Crippen LogP contribution in [0.5, 0.6) is 11.5 Å². The summed E-state index contributed by atoms with van der Waals surface area (Å²) in [6, 6.07) is 9.24. The van der Waals surface area contributed by atoms with Gasteiger partial charge in [-0.15, -0.1) is 11.3 Å². The van der Waals surface area contributed by atoms with Gasteiger partial charge in [-0.2, -0.15) is 0 Å². The van der Waals surface area contributed by atoms with Gasteiger partial charge < -0.3 is 19.0 Å². The third kappa shape index (κ3) is 4.33. The minimum absolute atomic E-state index is 0.146. The Labute approximate surface area is 207 Å². The average molecular weight is 493 g/mol. The second-order valence-corrected chi connectivity index (χ2v) is 9.48. The standard InChI is InChI=1S/C27H28N2O5S/c1-4-17-13-20-25(31)21(27-28-16(2)15-35-27)14-34-26(20)22(24(17)30)23(29-9-11-33-12-10-29)18-5-7-19(32-3)8-6-18/h5-8,13-15,23,30H,4,9-12H2,1-3H3. The fourth-order valence-corrected chi connectivity index (χ4v) is 5.48. The Morgan fingerprint density at radius 3 is 2.60 bits per heavy atom. The van der Waals surface area contributed by atoms with E-state index in [0.717, 1.165) is 17.0 Å². The number of fused-ring (bicyclic) bond motifs is 1. The van der Waals surface area contributed by atoms with E-state index < -0.39 is 0 Å². The number of aromatic nitrogens is 1. The Morgan fingerprint density at radius 2 is 1.97 bits per heavy atom. The Morgan fingerprint density at radius 1 is 1.23 bits per heavy atom. The molecule has 2 aromatic heterocycles. The summed E-state index contributed by atoms with van der Waals surface area (Å²) in [6.07, 6.45) is 2.05. The number of rotatable bonds is 6. The Kier molecular flexibility index (Phi) is 6.60. The van der Waals surface area contributed by atoms with Crippen LogP contribution in [0.4, 0.5) is 0 Å². The first-order chi connectivity index (χ1) is 17.0. The van der Waals surface area contributed by atoms with E-state index in [4.69, 9.17) is 13.9 Å². The zero-order chi connectivity index (χ0) is 24.5. The highest BCUT2D eigenvalue weighted by molar-refractivity contribution is 7.13. The SMILES string of the molecule is CCc1cc2c(=O)c(-c3nc(C)cs3)coc2c(C(c2ccc(OC)cc2)N2CCOCC2)c1O. The third-order valence-corrected chi connectivity index (χ3v) is 7.49. The highest BCUT2D eigenvalue weighted by Gasteiger charge is 2.31. The Hall–Kier alpha value is -3.20. The molecule has 1 aliphatic heterocycles. The van der Waals surface area contributed by atoms with Gasteiger partial charge >= 0.3 is 0 Å². The van der Waals surface area contributed by atoms with Gasteiger partial charge in [-0.1, -0.05) is 19.1 Å². The summed E-state index contributed by atoms with van der Waals surface area (Å²) in [7, 11) is 1.63. The molecule has 0 saturated carbocycles. The molecule has 5 rings (SSSR count). The van der Waals surface area contributed by atoms with Crippen LogP contribution in [-0.4, -0.2) is 48.4 Å². The van der Waals surface area contributed by atoms with Crippen LogP contribution in [0.2, 0.25) is 0 Å². The van der Waals surface area contributed by atoms with E-state index in [-0.39, 0.29) is 17.2 Å². The molecular formula is C27H28N2O5S. The van der Waals surface area contributed by atoms with Crippen molar-refractivity contribution in [2.75, 3.05) is 33.4 Å². The van der Waals surface area contributed by atoms with Gasteiger partial charge in [0.1, 0.15) is 28.4 Å². The number of hydrogen-bond donors (Lipinski definition) is 1. The van der Waals surface area contributed by atoms with Crippen LogP contribution in [0.3, 0.4) is 0 Å². The summed E-state index contributed by atoms with van der Waals surface area (Å²) in [5.41, 5.74) is 3.82. The van der Waals surface area contributed by atoms with Crippen LogP contribution in [0.1, 0.15) is 35.3 Å². The van der Waals surface area contributed by atoms with Gasteiger partial charge in [-0.05, 0) is 42.7 Å². The number of benzene rings is 2. The van der Waals surface area contributed by atoms with Gasteiger partial charge in [-0.25, -0.2) is 4.98 Å². The van der Waals surface area contributed by atoms with Crippen molar-refractivity contribution in [3.05, 3.63) is 74.6 Å². The number of phenols is 1. The van der Waals surface area contributed by atoms with E-state index in [1.807, 2.05) is 43.5 Å². The number of aryl methyl sites for hydroxylation is 2. The summed E-state index contributed by atoms with van der Waals surface area (Å²) in [6.45, 7) is 6.43. The van der Waals surface area contributed by atoms with Gasteiger partial charge in [0.05, 0.1) is 42.9 Å². The van der Waals surface area contributed by atoms with Crippen molar-refractivity contribution in [2.24, 2.45) is 0 Å². The zero-order valence-electron chi connectivity index (χ0n) is 20.0. The maximum absolute atomic E-state index is 13.7. The monoisotopic (exact) mass is 492 g/mol. The van der Waals surface area contributed by atoms with Crippen molar-refractivity contribution in [3.8, 4) is 22.1 Å². The molecule has 1 fully saturated rings. The zero-order valence-corrected chi connectivity index (χ0v) is 20.9. The minimum Gasteiger partial charge on any atom is -0.507 e. The molecule has 7 nitrogen and oxygen atoms in total. The van der Waals surface area contributed by atoms with E-state index in [1.165, 1.54) is 17.6 Å². The van der Waals surface area contributed by atoms with E-state index in [9.17, 15) is 9.90 Å². The summed E-state index contributed by atoms with van der Waals surface area (Å²) in [4.78, 5) is 20.4. The molecule has 0 aliphatic carbocycles. The fourth-order valence-electron chi connectivity index (χ4n) is 4.68. The molecule has 0 amide bonds. The predicted octanol–water partition coefficient (Wildman–Crippen LogP) is 4.92. The van der Waals surface area contributed by atoms with Gasteiger partial charge in [0.15, 0.2) is 0 Å². The maximum Gasteiger partial charge on any atom is 0.202 e. The molecule has 1 unspecified atom stereocenters. The van der Waals surface area contributed by atoms with E-state index in [0.29, 0.717) is 65.4 Å². The van der Waals surface area contributed by atoms with Gasteiger partial charge in [0.2, 0.25) is 5.43 Å². The number of aromatic hydroxyl groups is 1. The molecule has 182 valence electrons. The molecule has 4 aromatic rings. The van der Waals surface area contributed by atoms with Crippen LogP contribution >= 0.6 is 11.3 Å². The molecule has 3 heterocycles. The molecule has 0 spiro atoms. The van der Waals surface area contributed by atoms with E-state index in [2.05, 4.69) is 9.88 Å². The molecule has 1 atom stereocenters. The van der Waals surface area contributed by atoms with Crippen molar-refractivity contribution < 1.29 is 19.0 Å². The van der Waals surface area contributed by atoms with Crippen LogP contribution in [-0.2, 0) is 11.2 Å². The van der Waals surface area contributed by atoms with Gasteiger partial charge in [-0.3, -0.25) is 9.69 Å². The lowest BCUT2D eigenvalue weighted by molar-refractivity contribution is 0.0236. The molecule has 1 N–H and O–H groups in total. The summed E-state index contributed by atoms with van der Waals surface area (Å²) in [5.74, 6) is 0.911. The second kappa shape index (κ2) is 9.81. The van der Waals surface area contributed by atoms with Crippen molar-refractivity contribution in [2.45, 2.75) is 26.3 Å². The average Bonchev–Trinajstić information content (AvgIpc) is 3.32. The first kappa shape index (κ1) is 23.5. The first-order valence-corrected chi connectivity index (χ1v) is 12.6. The minimum atomic E-state index is -0.324. The topological polar surface area (TPSA) is 85.0 Å². The smallest absolute Gasteiger partial charge is 0.202 e. The van der Waals surface area contributed by atoms with Crippen LogP contribution in [0.15, 0.2) is 51.2 Å². The second-order valence-electron chi connectivity index (χ2n) is 8.62. The lowest BCUT2D eigenvalue weighted by atomic mass is 9.91. The molecule has 0 radical (unpaired) electrons. The number of nitrogens with zero attached hydrogens (tertiary/aromatic N) is 2. The van der Waals surface area contributed by atoms with Crippen LogP contribution < -0.4 is 10.2 Å². The fraction of sp³-hybridized carbons (Fsp3) is 0.333. The highest BCUT2D eigenvalue weighted by atomic mass is 32.1. The number of thiazole rings is 1. The Balaban J connectivity index is 1.77. The van der Waals surface area contributed by atoms with E-state index >= 15 is 0 Å². The molecule has 35 heavy (non-hydrogen) atoms. The molecular weight excluding hydrogens is 464 g/mol. The highest BCUT2D eigenvalue weighted by Crippen LogP contribution is 2.42. The van der Waals surface area contributed by atoms with Crippen molar-refractivity contribution in [1.29, 1.82) is 0 Å². The summed E-state index contributed by atoms with van der Waals surface area (Å²) in [5, 5.41) is 14.5. The van der Waals surface area contributed by atoms with Crippen molar-refractivity contribution in [3.63, 3.8) is 0 Å². The molecule has 8 heteroatoms. The molecule has 1 saturated heterocycles. The van der Waals surface area contributed by atoms with Gasteiger partial charge in [0.25, 0.3) is 0 Å². The molecule has 1 aliphatic rings. The van der Waals surface area contributed by atoms with E-state index in [1.54, 1.807) is 13.2 Å². The van der Waals surface area contributed by atoms with Gasteiger partial charge in [0, 0.05) is 24.2 Å². The molecule has 2 aromatic carbocycles. The van der Waals surface area contributed by atoms with Crippen LogP contribution in [0.25, 0.3) is 21.5 Å². The van der Waals surface area contributed by atoms with Crippen molar-refractivity contribution >= 4 is 22.3 Å². The van der Waals surface area contributed by atoms with Crippen LogP contribution in [0, 0.1) is 6.92 Å². The third-order valence-electron chi connectivity index (χ3n) is 6.50. The quantitative estimate of drug-likeness (QED) is 0.409. The predicted molar refractivity (Wildman–Crippen MR) is 137 cm³/mol. The summed E-state index contributed by atoms with van der Waals surface area (Å²) < 4.78 is 17.1. The Bertz CT molecular complexity index is 1400. The lowest BCUT2D eigenvalue weighted by Crippen LogP contribution is -2.39. The normalized spacial score (nSPS) is 15.4. The number of morpholine rings is 1. The number of phenolic OH excluding ortho intramolecular Hbond substituents is 1. The molecule has 0 bridgehead atoms. The summed E-state index contributed by atoms with van der Waals surface area (Å²) >= 11 is 1.42. The lowest BCUT2D eigenvalue weighted by Gasteiger charge is -2.35. The number of ether oxygens (including phenoxy) is 2. The maximum atomic E-state index is 13.7. The first-order valence-electron chi connectivity index (χ1n) is 11.7. The van der Waals surface area contributed by atoms with Crippen molar-refractivity contribution in [1.82, 2.24) is 9.88 Å².